The van der Waals surface area contributed by atoms with Crippen LogP contribution in [0.4, 0.5) is 10.1 Å². The van der Waals surface area contributed by atoms with Gasteiger partial charge >= 0.3 is 0 Å². The Bertz CT molecular complexity index is 1140. The second-order valence-electron chi connectivity index (χ2n) is 8.79. The van der Waals surface area contributed by atoms with Crippen LogP contribution in [0.15, 0.2) is 42.9 Å². The van der Waals surface area contributed by atoms with E-state index in [0.717, 1.165) is 43.0 Å². The van der Waals surface area contributed by atoms with Gasteiger partial charge in [-0.1, -0.05) is 11.6 Å². The number of carbonyl (C=O) groups is 1. The molecular weight excluding hydrogens is 401 g/mol. The Morgan fingerprint density at radius 1 is 1.23 bits per heavy atom. The molecule has 1 N–H and O–H groups in total. The predicted octanol–water partition coefficient (Wildman–Crippen LogP) is 6.03. The van der Waals surface area contributed by atoms with Gasteiger partial charge in [0.2, 0.25) is 5.91 Å². The summed E-state index contributed by atoms with van der Waals surface area (Å²) in [4.78, 5) is 21.2. The highest BCUT2D eigenvalue weighted by Crippen LogP contribution is 2.63. The molecule has 2 saturated carbocycles. The largest absolute Gasteiger partial charge is 0.324 e. The van der Waals surface area contributed by atoms with Crippen molar-refractivity contribution in [3.63, 3.8) is 0 Å². The van der Waals surface area contributed by atoms with Crippen molar-refractivity contribution in [3.05, 3.63) is 64.8 Å². The van der Waals surface area contributed by atoms with Crippen molar-refractivity contribution in [1.82, 2.24) is 9.97 Å². The highest BCUT2D eigenvalue weighted by molar-refractivity contribution is 6.30. The van der Waals surface area contributed by atoms with E-state index in [-0.39, 0.29) is 23.1 Å². The fourth-order valence-corrected chi connectivity index (χ4v) is 5.31. The summed E-state index contributed by atoms with van der Waals surface area (Å²) in [7, 11) is 0. The summed E-state index contributed by atoms with van der Waals surface area (Å²) in [5.41, 5.74) is 3.41. The minimum absolute atomic E-state index is 0.0479. The van der Waals surface area contributed by atoms with Gasteiger partial charge in [0.05, 0.1) is 22.4 Å². The molecule has 0 saturated heterocycles. The highest BCUT2D eigenvalue weighted by Gasteiger charge is 2.58. The Hall–Kier alpha value is -2.53. The first-order chi connectivity index (χ1) is 14.4. The van der Waals surface area contributed by atoms with Crippen molar-refractivity contribution in [2.24, 2.45) is 11.3 Å². The average Bonchev–Trinajstić information content (AvgIpc) is 3.43. The van der Waals surface area contributed by atoms with E-state index >= 15 is 0 Å². The van der Waals surface area contributed by atoms with E-state index in [4.69, 9.17) is 11.6 Å². The number of pyridine rings is 2. The van der Waals surface area contributed by atoms with Gasteiger partial charge in [-0.3, -0.25) is 14.8 Å². The standard InChI is InChI=1S/C24H23ClFN3O/c1-14-8-22-19(10-21(14)26)18(4-7-28-22)15-2-5-24(6-3-15)11-20(24)23(30)29-17-9-16(25)12-27-13-17/h4,7-10,12-13,15,20H,2-3,5-6,11H2,1H3,(H,29,30). The maximum absolute atomic E-state index is 14.2. The van der Waals surface area contributed by atoms with Gasteiger partial charge in [0.25, 0.3) is 0 Å². The lowest BCUT2D eigenvalue weighted by Gasteiger charge is -2.30. The molecule has 30 heavy (non-hydrogen) atoms. The SMILES string of the molecule is Cc1cc2nccc(C3CCC4(CC3)CC4C(=O)Nc3cncc(Cl)c3)c2cc1F. The summed E-state index contributed by atoms with van der Waals surface area (Å²) in [6, 6.07) is 7.20. The second-order valence-corrected chi connectivity index (χ2v) is 9.23. The van der Waals surface area contributed by atoms with E-state index in [1.807, 2.05) is 18.3 Å². The van der Waals surface area contributed by atoms with Gasteiger partial charge in [-0.2, -0.15) is 0 Å². The third kappa shape index (κ3) is 3.45. The molecule has 1 unspecified atom stereocenters. The average molecular weight is 424 g/mol. The van der Waals surface area contributed by atoms with Crippen molar-refractivity contribution in [1.29, 1.82) is 0 Å². The van der Waals surface area contributed by atoms with Gasteiger partial charge < -0.3 is 5.32 Å². The van der Waals surface area contributed by atoms with Crippen molar-refractivity contribution < 1.29 is 9.18 Å². The third-order valence-corrected chi connectivity index (χ3v) is 7.16. The van der Waals surface area contributed by atoms with Crippen molar-refractivity contribution in [2.75, 3.05) is 5.32 Å². The number of nitrogens with zero attached hydrogens (tertiary/aromatic N) is 2. The molecule has 2 fully saturated rings. The molecular formula is C24H23ClFN3O. The number of aryl methyl sites for hydroxylation is 1. The third-order valence-electron chi connectivity index (χ3n) is 6.96. The molecule has 0 radical (unpaired) electrons. The lowest BCUT2D eigenvalue weighted by Crippen LogP contribution is -2.22. The van der Waals surface area contributed by atoms with Crippen LogP contribution in [0.3, 0.4) is 0 Å². The minimum Gasteiger partial charge on any atom is -0.324 e. The first kappa shape index (κ1) is 19.4. The summed E-state index contributed by atoms with van der Waals surface area (Å²) in [6.07, 6.45) is 9.98. The van der Waals surface area contributed by atoms with E-state index in [0.29, 0.717) is 22.2 Å². The number of halogens is 2. The summed E-state index contributed by atoms with van der Waals surface area (Å²) >= 11 is 5.96. The Labute approximate surface area is 179 Å². The van der Waals surface area contributed by atoms with Crippen LogP contribution in [-0.4, -0.2) is 15.9 Å². The lowest BCUT2D eigenvalue weighted by atomic mass is 9.75. The number of anilines is 1. The van der Waals surface area contributed by atoms with Crippen LogP contribution >= 0.6 is 11.6 Å². The fourth-order valence-electron chi connectivity index (χ4n) is 5.13. The topological polar surface area (TPSA) is 54.9 Å². The molecule has 5 rings (SSSR count). The summed E-state index contributed by atoms with van der Waals surface area (Å²) in [6.45, 7) is 1.77. The quantitative estimate of drug-likeness (QED) is 0.559. The monoisotopic (exact) mass is 423 g/mol. The Morgan fingerprint density at radius 2 is 2.03 bits per heavy atom. The summed E-state index contributed by atoms with van der Waals surface area (Å²) in [5.74, 6) is 0.305. The Kier molecular flexibility index (Phi) is 4.73. The summed E-state index contributed by atoms with van der Waals surface area (Å²) in [5, 5.41) is 4.39. The highest BCUT2D eigenvalue weighted by atomic mass is 35.5. The van der Waals surface area contributed by atoms with Crippen LogP contribution in [0.2, 0.25) is 5.02 Å². The minimum atomic E-state index is -0.182. The van der Waals surface area contributed by atoms with Crippen molar-refractivity contribution in [2.45, 2.75) is 44.9 Å². The van der Waals surface area contributed by atoms with Crippen molar-refractivity contribution in [3.8, 4) is 0 Å². The van der Waals surface area contributed by atoms with Crippen LogP contribution in [0.1, 0.15) is 49.1 Å². The Morgan fingerprint density at radius 3 is 2.80 bits per heavy atom. The predicted molar refractivity (Wildman–Crippen MR) is 116 cm³/mol. The van der Waals surface area contributed by atoms with Gasteiger partial charge in [0.15, 0.2) is 0 Å². The van der Waals surface area contributed by atoms with Crippen LogP contribution in [0.5, 0.6) is 0 Å². The first-order valence-electron chi connectivity index (χ1n) is 10.4. The molecule has 1 amide bonds. The molecule has 4 nitrogen and oxygen atoms in total. The zero-order valence-electron chi connectivity index (χ0n) is 16.8. The zero-order valence-corrected chi connectivity index (χ0v) is 17.5. The number of nitrogens with one attached hydrogen (secondary N) is 1. The number of amides is 1. The molecule has 0 aliphatic heterocycles. The molecule has 3 aromatic rings. The summed E-state index contributed by atoms with van der Waals surface area (Å²) < 4.78 is 14.2. The number of benzene rings is 1. The van der Waals surface area contributed by atoms with E-state index in [1.54, 1.807) is 31.5 Å². The Balaban J connectivity index is 1.28. The number of fused-ring (bicyclic) bond motifs is 1. The maximum Gasteiger partial charge on any atom is 0.228 e. The molecule has 1 spiro atoms. The molecule has 1 atom stereocenters. The molecule has 6 heteroatoms. The second kappa shape index (κ2) is 7.31. The van der Waals surface area contributed by atoms with Crippen LogP contribution < -0.4 is 5.32 Å². The van der Waals surface area contributed by atoms with Crippen LogP contribution in [0, 0.1) is 24.1 Å². The first-order valence-corrected chi connectivity index (χ1v) is 10.8. The van der Waals surface area contributed by atoms with Gasteiger partial charge in [-0.05, 0) is 85.8 Å². The van der Waals surface area contributed by atoms with Gasteiger partial charge in [0.1, 0.15) is 5.82 Å². The van der Waals surface area contributed by atoms with Crippen LogP contribution in [-0.2, 0) is 4.79 Å². The number of aromatic nitrogens is 2. The van der Waals surface area contributed by atoms with Crippen LogP contribution in [0.25, 0.3) is 10.9 Å². The van der Waals surface area contributed by atoms with E-state index in [2.05, 4.69) is 15.3 Å². The number of hydrogen-bond donors (Lipinski definition) is 1. The maximum atomic E-state index is 14.2. The lowest BCUT2D eigenvalue weighted by molar-refractivity contribution is -0.118. The molecule has 0 bridgehead atoms. The molecule has 2 heterocycles. The number of hydrogen-bond acceptors (Lipinski definition) is 3. The number of rotatable bonds is 3. The van der Waals surface area contributed by atoms with Gasteiger partial charge in [0, 0.05) is 23.7 Å². The molecule has 2 aliphatic rings. The van der Waals surface area contributed by atoms with Gasteiger partial charge in [-0.25, -0.2) is 4.39 Å². The van der Waals surface area contributed by atoms with E-state index in [1.165, 1.54) is 5.56 Å². The zero-order chi connectivity index (χ0) is 20.9. The molecule has 2 aromatic heterocycles. The molecule has 2 aliphatic carbocycles. The van der Waals surface area contributed by atoms with Crippen molar-refractivity contribution >= 4 is 34.1 Å². The van der Waals surface area contributed by atoms with Gasteiger partial charge in [-0.15, -0.1) is 0 Å². The van der Waals surface area contributed by atoms with E-state index in [9.17, 15) is 9.18 Å². The van der Waals surface area contributed by atoms with E-state index < -0.39 is 0 Å². The molecule has 154 valence electrons. The normalized spacial score (nSPS) is 25.4. The number of carbonyl (C=O) groups excluding carboxylic acids is 1. The fraction of sp³-hybridized carbons (Fsp3) is 0.375. The molecule has 1 aromatic carbocycles. The smallest absolute Gasteiger partial charge is 0.228 e.